The number of benzene rings is 3. The van der Waals surface area contributed by atoms with Crippen molar-refractivity contribution in [3.63, 3.8) is 0 Å². The number of aryl methyl sites for hydroxylation is 1. The molecule has 1 heterocycles. The molecular weight excluding hydrogens is 384 g/mol. The van der Waals surface area contributed by atoms with E-state index < -0.39 is 0 Å². The Hall–Kier alpha value is -3.99. The fraction of sp³-hybridized carbons (Fsp3) is 0.115. The first-order valence-electron chi connectivity index (χ1n) is 10.2. The van der Waals surface area contributed by atoms with Crippen LogP contribution in [-0.2, 0) is 0 Å². The van der Waals surface area contributed by atoms with E-state index in [2.05, 4.69) is 20.6 Å². The normalized spacial score (nSPS) is 11.5. The van der Waals surface area contributed by atoms with Crippen LogP contribution in [-0.4, -0.2) is 15.9 Å². The van der Waals surface area contributed by atoms with Crippen LogP contribution in [0.15, 0.2) is 91.1 Å². The summed E-state index contributed by atoms with van der Waals surface area (Å²) in [7, 11) is 0. The Balaban J connectivity index is 1.47. The highest BCUT2D eigenvalue weighted by molar-refractivity contribution is 5.95. The van der Waals surface area contributed by atoms with Crippen molar-refractivity contribution in [1.29, 1.82) is 0 Å². The quantitative estimate of drug-likeness (QED) is 0.430. The lowest BCUT2D eigenvalue weighted by Crippen LogP contribution is -2.26. The number of nitrogens with one attached hydrogen (secondary N) is 2. The van der Waals surface area contributed by atoms with E-state index in [4.69, 9.17) is 0 Å². The Morgan fingerprint density at radius 2 is 1.68 bits per heavy atom. The van der Waals surface area contributed by atoms with Crippen molar-refractivity contribution in [2.75, 3.05) is 5.32 Å². The molecule has 0 aliphatic carbocycles. The van der Waals surface area contributed by atoms with E-state index in [9.17, 15) is 4.79 Å². The lowest BCUT2D eigenvalue weighted by Gasteiger charge is -2.15. The van der Waals surface area contributed by atoms with Gasteiger partial charge in [0.25, 0.3) is 5.91 Å². The van der Waals surface area contributed by atoms with Gasteiger partial charge in [-0.25, -0.2) is 9.97 Å². The van der Waals surface area contributed by atoms with Crippen LogP contribution in [0.2, 0.25) is 0 Å². The number of carbonyl (C=O) groups excluding carboxylic acids is 1. The topological polar surface area (TPSA) is 66.9 Å². The lowest BCUT2D eigenvalue weighted by atomic mass is 10.1. The van der Waals surface area contributed by atoms with Gasteiger partial charge < -0.3 is 10.6 Å². The second-order valence-corrected chi connectivity index (χ2v) is 7.44. The second-order valence-electron chi connectivity index (χ2n) is 7.44. The second kappa shape index (κ2) is 9.22. The number of nitrogens with zero attached hydrogens (tertiary/aromatic N) is 2. The molecule has 0 radical (unpaired) electrons. The molecule has 4 aromatic rings. The van der Waals surface area contributed by atoms with Crippen molar-refractivity contribution in [2.45, 2.75) is 19.9 Å². The van der Waals surface area contributed by atoms with Crippen molar-refractivity contribution >= 4 is 17.4 Å². The molecule has 0 aliphatic heterocycles. The summed E-state index contributed by atoms with van der Waals surface area (Å²) in [4.78, 5) is 21.7. The third kappa shape index (κ3) is 5.14. The van der Waals surface area contributed by atoms with Gasteiger partial charge in [0.2, 0.25) is 0 Å². The van der Waals surface area contributed by atoms with Crippen molar-refractivity contribution in [2.24, 2.45) is 0 Å². The largest absolute Gasteiger partial charge is 0.346 e. The Morgan fingerprint density at radius 1 is 0.903 bits per heavy atom. The monoisotopic (exact) mass is 408 g/mol. The van der Waals surface area contributed by atoms with Crippen molar-refractivity contribution < 1.29 is 4.79 Å². The summed E-state index contributed by atoms with van der Waals surface area (Å²) in [5, 5.41) is 6.33. The van der Waals surface area contributed by atoms with E-state index in [1.54, 1.807) is 18.3 Å². The lowest BCUT2D eigenvalue weighted by molar-refractivity contribution is 0.0940. The van der Waals surface area contributed by atoms with Gasteiger partial charge in [0.15, 0.2) is 5.82 Å². The first-order chi connectivity index (χ1) is 15.1. The fourth-order valence-electron chi connectivity index (χ4n) is 3.26. The third-order valence-electron chi connectivity index (χ3n) is 5.01. The standard InChI is InChI=1S/C26H24N4O/c1-18-11-13-20(14-12-18)19(2)28-26(31)22-9-6-10-23(17-22)29-24-15-16-27-25(30-24)21-7-4-3-5-8-21/h3-17,19H,1-2H3,(H,28,31)(H,27,29,30)/t19-/m1/s1. The van der Waals surface area contributed by atoms with Gasteiger partial charge in [0, 0.05) is 23.0 Å². The highest BCUT2D eigenvalue weighted by Gasteiger charge is 2.12. The van der Waals surface area contributed by atoms with Gasteiger partial charge in [-0.2, -0.15) is 0 Å². The summed E-state index contributed by atoms with van der Waals surface area (Å²) in [5.74, 6) is 1.19. The number of anilines is 2. The number of aromatic nitrogens is 2. The van der Waals surface area contributed by atoms with Gasteiger partial charge in [-0.15, -0.1) is 0 Å². The molecule has 0 saturated heterocycles. The average Bonchev–Trinajstić information content (AvgIpc) is 2.80. The number of rotatable bonds is 6. The third-order valence-corrected chi connectivity index (χ3v) is 5.01. The number of hydrogen-bond acceptors (Lipinski definition) is 4. The highest BCUT2D eigenvalue weighted by atomic mass is 16.1. The van der Waals surface area contributed by atoms with E-state index in [0.717, 1.165) is 16.8 Å². The molecule has 154 valence electrons. The van der Waals surface area contributed by atoms with Crippen molar-refractivity contribution in [1.82, 2.24) is 15.3 Å². The van der Waals surface area contributed by atoms with E-state index >= 15 is 0 Å². The zero-order valence-corrected chi connectivity index (χ0v) is 17.5. The molecule has 0 saturated carbocycles. The van der Waals surface area contributed by atoms with Crippen molar-refractivity contribution in [3.05, 3.63) is 108 Å². The van der Waals surface area contributed by atoms with Gasteiger partial charge in [0.1, 0.15) is 5.82 Å². The molecule has 0 aliphatic rings. The summed E-state index contributed by atoms with van der Waals surface area (Å²) in [6.45, 7) is 4.03. The number of amides is 1. The predicted molar refractivity (Wildman–Crippen MR) is 124 cm³/mol. The van der Waals surface area contributed by atoms with Crippen LogP contribution in [0, 0.1) is 6.92 Å². The number of carbonyl (C=O) groups is 1. The van der Waals surface area contributed by atoms with E-state index in [-0.39, 0.29) is 11.9 Å². The molecule has 1 aromatic heterocycles. The molecule has 3 aromatic carbocycles. The minimum atomic E-state index is -0.121. The van der Waals surface area contributed by atoms with Crippen LogP contribution in [0.25, 0.3) is 11.4 Å². The van der Waals surface area contributed by atoms with Crippen molar-refractivity contribution in [3.8, 4) is 11.4 Å². The van der Waals surface area contributed by atoms with Crippen LogP contribution >= 0.6 is 0 Å². The Kier molecular flexibility index (Phi) is 6.03. The summed E-state index contributed by atoms with van der Waals surface area (Å²) in [6.07, 6.45) is 1.72. The predicted octanol–water partition coefficient (Wildman–Crippen LogP) is 5.69. The minimum absolute atomic E-state index is 0.0833. The smallest absolute Gasteiger partial charge is 0.251 e. The van der Waals surface area contributed by atoms with Gasteiger partial charge in [-0.3, -0.25) is 4.79 Å². The maximum absolute atomic E-state index is 12.8. The SMILES string of the molecule is Cc1ccc([C@@H](C)NC(=O)c2cccc(Nc3ccnc(-c4ccccc4)n3)c2)cc1. The summed E-state index contributed by atoms with van der Waals surface area (Å²) in [6, 6.07) is 27.1. The van der Waals surface area contributed by atoms with E-state index in [0.29, 0.717) is 17.2 Å². The van der Waals surface area contributed by atoms with E-state index in [1.807, 2.05) is 86.6 Å². The molecule has 0 unspecified atom stereocenters. The molecule has 1 amide bonds. The Morgan fingerprint density at radius 3 is 2.45 bits per heavy atom. The fourth-order valence-corrected chi connectivity index (χ4v) is 3.26. The summed E-state index contributed by atoms with van der Waals surface area (Å²) >= 11 is 0. The zero-order valence-electron chi connectivity index (χ0n) is 17.5. The average molecular weight is 409 g/mol. The minimum Gasteiger partial charge on any atom is -0.346 e. The summed E-state index contributed by atoms with van der Waals surface area (Å²) in [5.41, 5.74) is 4.59. The van der Waals surface area contributed by atoms with Gasteiger partial charge >= 0.3 is 0 Å². The molecule has 31 heavy (non-hydrogen) atoms. The molecular formula is C26H24N4O. The molecule has 2 N–H and O–H groups in total. The first kappa shape index (κ1) is 20.3. The van der Waals surface area contributed by atoms with Gasteiger partial charge in [-0.1, -0.05) is 66.2 Å². The van der Waals surface area contributed by atoms with Gasteiger partial charge in [-0.05, 0) is 43.7 Å². The summed E-state index contributed by atoms with van der Waals surface area (Å²) < 4.78 is 0. The maximum atomic E-state index is 12.8. The molecule has 0 fully saturated rings. The molecule has 5 heteroatoms. The Bertz CT molecular complexity index is 1170. The van der Waals surface area contributed by atoms with Crippen LogP contribution in [0.3, 0.4) is 0 Å². The van der Waals surface area contributed by atoms with Gasteiger partial charge in [0.05, 0.1) is 6.04 Å². The molecule has 4 rings (SSSR count). The number of hydrogen-bond donors (Lipinski definition) is 2. The highest BCUT2D eigenvalue weighted by Crippen LogP contribution is 2.20. The zero-order chi connectivity index (χ0) is 21.6. The van der Waals surface area contributed by atoms with Crippen LogP contribution in [0.5, 0.6) is 0 Å². The molecule has 5 nitrogen and oxygen atoms in total. The van der Waals surface area contributed by atoms with Crippen LogP contribution in [0.4, 0.5) is 11.5 Å². The van der Waals surface area contributed by atoms with Crippen LogP contribution in [0.1, 0.15) is 34.5 Å². The molecule has 0 bridgehead atoms. The van der Waals surface area contributed by atoms with E-state index in [1.165, 1.54) is 5.56 Å². The Labute approximate surface area is 182 Å². The van der Waals surface area contributed by atoms with Crippen LogP contribution < -0.4 is 10.6 Å². The molecule has 0 spiro atoms. The maximum Gasteiger partial charge on any atom is 0.251 e. The molecule has 1 atom stereocenters. The first-order valence-corrected chi connectivity index (χ1v) is 10.2.